The van der Waals surface area contributed by atoms with Crippen LogP contribution in [0.3, 0.4) is 0 Å². The van der Waals surface area contributed by atoms with Gasteiger partial charge in [0.25, 0.3) is 5.91 Å². The Morgan fingerprint density at radius 1 is 1.40 bits per heavy atom. The van der Waals surface area contributed by atoms with Gasteiger partial charge in [-0.25, -0.2) is 4.39 Å². The summed E-state index contributed by atoms with van der Waals surface area (Å²) < 4.78 is 13.9. The zero-order valence-electron chi connectivity index (χ0n) is 11.2. The van der Waals surface area contributed by atoms with Gasteiger partial charge in [0.05, 0.1) is 5.56 Å². The lowest BCUT2D eigenvalue weighted by molar-refractivity contribution is 0.0727. The molecular formula is C15H18FIN2O. The van der Waals surface area contributed by atoms with Crippen LogP contribution in [0.15, 0.2) is 18.2 Å². The van der Waals surface area contributed by atoms with Crippen molar-refractivity contribution in [3.63, 3.8) is 0 Å². The molecule has 3 rings (SSSR count). The quantitative estimate of drug-likeness (QED) is 0.805. The second-order valence-electron chi connectivity index (χ2n) is 5.61. The largest absolute Gasteiger partial charge is 0.334 e. The molecule has 1 atom stereocenters. The maximum Gasteiger partial charge on any atom is 0.255 e. The average molecular weight is 388 g/mol. The summed E-state index contributed by atoms with van der Waals surface area (Å²) in [6.07, 6.45) is 4.51. The lowest BCUT2D eigenvalue weighted by atomic mass is 10.1. The van der Waals surface area contributed by atoms with Crippen LogP contribution in [0.2, 0.25) is 0 Å². The minimum atomic E-state index is -0.290. The number of amides is 1. The van der Waals surface area contributed by atoms with Crippen LogP contribution in [0, 0.1) is 9.39 Å². The minimum Gasteiger partial charge on any atom is -0.334 e. The Balaban J connectivity index is 1.77. The van der Waals surface area contributed by atoms with Gasteiger partial charge < -0.3 is 10.2 Å². The van der Waals surface area contributed by atoms with Crippen molar-refractivity contribution in [1.29, 1.82) is 0 Å². The predicted molar refractivity (Wildman–Crippen MR) is 84.2 cm³/mol. The molecular weight excluding hydrogens is 370 g/mol. The van der Waals surface area contributed by atoms with Crippen molar-refractivity contribution in [3.05, 3.63) is 33.1 Å². The van der Waals surface area contributed by atoms with E-state index in [0.717, 1.165) is 32.4 Å². The summed E-state index contributed by atoms with van der Waals surface area (Å²) in [6, 6.07) is 5.20. The van der Waals surface area contributed by atoms with Gasteiger partial charge in [-0.2, -0.15) is 0 Å². The number of hydrogen-bond donors (Lipinski definition) is 1. The van der Waals surface area contributed by atoms with Crippen molar-refractivity contribution < 1.29 is 9.18 Å². The summed E-state index contributed by atoms with van der Waals surface area (Å²) in [7, 11) is 0. The molecule has 20 heavy (non-hydrogen) atoms. The topological polar surface area (TPSA) is 32.3 Å². The van der Waals surface area contributed by atoms with Gasteiger partial charge >= 0.3 is 0 Å². The molecule has 0 spiro atoms. The summed E-state index contributed by atoms with van der Waals surface area (Å²) in [5, 5.41) is 3.44. The van der Waals surface area contributed by atoms with Crippen molar-refractivity contribution in [2.45, 2.75) is 37.8 Å². The maximum atomic E-state index is 13.2. The van der Waals surface area contributed by atoms with E-state index in [-0.39, 0.29) is 11.7 Å². The molecule has 0 bridgehead atoms. The van der Waals surface area contributed by atoms with Gasteiger partial charge in [-0.3, -0.25) is 4.79 Å². The van der Waals surface area contributed by atoms with Crippen molar-refractivity contribution >= 4 is 28.5 Å². The highest BCUT2D eigenvalue weighted by atomic mass is 127. The van der Waals surface area contributed by atoms with Crippen LogP contribution in [-0.2, 0) is 0 Å². The number of carbonyl (C=O) groups excluding carboxylic acids is 1. The maximum absolute atomic E-state index is 13.2. The van der Waals surface area contributed by atoms with Gasteiger partial charge in [0.2, 0.25) is 0 Å². The van der Waals surface area contributed by atoms with Gasteiger partial charge in [-0.05, 0) is 73.0 Å². The third-order valence-electron chi connectivity index (χ3n) is 3.99. The summed E-state index contributed by atoms with van der Waals surface area (Å²) >= 11 is 2.04. The fraction of sp³-hybridized carbons (Fsp3) is 0.533. The SMILES string of the molecule is O=C(c1ccc(F)cc1I)N(CC1CCCN1)C1CC1. The Kier molecular flexibility index (Phi) is 4.26. The lowest BCUT2D eigenvalue weighted by Crippen LogP contribution is -2.42. The normalized spacial score (nSPS) is 22.0. The number of nitrogens with zero attached hydrogens (tertiary/aromatic N) is 1. The van der Waals surface area contributed by atoms with E-state index in [4.69, 9.17) is 0 Å². The van der Waals surface area contributed by atoms with Crippen LogP contribution in [0.4, 0.5) is 4.39 Å². The number of rotatable bonds is 4. The monoisotopic (exact) mass is 388 g/mol. The van der Waals surface area contributed by atoms with Crippen LogP contribution in [0.5, 0.6) is 0 Å². The fourth-order valence-corrected chi connectivity index (χ4v) is 3.46. The second kappa shape index (κ2) is 5.97. The third-order valence-corrected chi connectivity index (χ3v) is 4.88. The molecule has 0 radical (unpaired) electrons. The van der Waals surface area contributed by atoms with E-state index in [2.05, 4.69) is 5.32 Å². The molecule has 1 aromatic carbocycles. The first kappa shape index (κ1) is 14.3. The highest BCUT2D eigenvalue weighted by Crippen LogP contribution is 2.30. The van der Waals surface area contributed by atoms with Crippen molar-refractivity contribution in [1.82, 2.24) is 10.2 Å². The van der Waals surface area contributed by atoms with Gasteiger partial charge in [-0.15, -0.1) is 0 Å². The molecule has 5 heteroatoms. The molecule has 1 aliphatic carbocycles. The molecule has 3 nitrogen and oxygen atoms in total. The van der Waals surface area contributed by atoms with Crippen LogP contribution in [0.1, 0.15) is 36.0 Å². The van der Waals surface area contributed by atoms with E-state index in [1.165, 1.54) is 18.6 Å². The average Bonchev–Trinajstić information content (AvgIpc) is 3.12. The standard InChI is InChI=1S/C15H18FIN2O/c16-10-3-6-13(14(17)8-10)15(20)19(12-4-5-12)9-11-2-1-7-18-11/h3,6,8,11-12,18H,1-2,4-5,7,9H2. The van der Waals surface area contributed by atoms with Crippen LogP contribution < -0.4 is 5.32 Å². The molecule has 1 amide bonds. The van der Waals surface area contributed by atoms with Crippen molar-refractivity contribution in [3.8, 4) is 0 Å². The Bertz CT molecular complexity index is 513. The van der Waals surface area contributed by atoms with E-state index in [0.29, 0.717) is 21.2 Å². The zero-order valence-corrected chi connectivity index (χ0v) is 13.4. The van der Waals surface area contributed by atoms with Crippen molar-refractivity contribution in [2.75, 3.05) is 13.1 Å². The van der Waals surface area contributed by atoms with Gasteiger partial charge in [-0.1, -0.05) is 0 Å². The number of halogens is 2. The Hall–Kier alpha value is -0.690. The Morgan fingerprint density at radius 3 is 2.80 bits per heavy atom. The number of benzene rings is 1. The van der Waals surface area contributed by atoms with Gasteiger partial charge in [0, 0.05) is 22.2 Å². The molecule has 1 aliphatic heterocycles. The first-order valence-corrected chi connectivity index (χ1v) is 8.22. The van der Waals surface area contributed by atoms with Gasteiger partial charge in [0.15, 0.2) is 0 Å². The molecule has 1 saturated carbocycles. The molecule has 1 unspecified atom stereocenters. The molecule has 2 aliphatic rings. The number of hydrogen-bond acceptors (Lipinski definition) is 2. The van der Waals surface area contributed by atoms with E-state index < -0.39 is 0 Å². The first-order chi connectivity index (χ1) is 9.65. The Morgan fingerprint density at radius 2 is 2.20 bits per heavy atom. The minimum absolute atomic E-state index is 0.0469. The van der Waals surface area contributed by atoms with E-state index >= 15 is 0 Å². The van der Waals surface area contributed by atoms with E-state index in [1.807, 2.05) is 27.5 Å². The summed E-state index contributed by atoms with van der Waals surface area (Å²) in [4.78, 5) is 14.7. The van der Waals surface area contributed by atoms with Crippen LogP contribution >= 0.6 is 22.6 Å². The molecule has 0 aromatic heterocycles. The van der Waals surface area contributed by atoms with Crippen LogP contribution in [0.25, 0.3) is 0 Å². The zero-order chi connectivity index (χ0) is 14.1. The van der Waals surface area contributed by atoms with E-state index in [9.17, 15) is 9.18 Å². The third kappa shape index (κ3) is 3.14. The smallest absolute Gasteiger partial charge is 0.255 e. The highest BCUT2D eigenvalue weighted by molar-refractivity contribution is 14.1. The molecule has 1 aromatic rings. The fourth-order valence-electron chi connectivity index (χ4n) is 2.75. The second-order valence-corrected chi connectivity index (χ2v) is 6.77. The lowest BCUT2D eigenvalue weighted by Gasteiger charge is -2.26. The highest BCUT2D eigenvalue weighted by Gasteiger charge is 2.35. The summed E-state index contributed by atoms with van der Waals surface area (Å²) in [5.74, 6) is -0.244. The Labute approximate surface area is 132 Å². The summed E-state index contributed by atoms with van der Waals surface area (Å²) in [5.41, 5.74) is 0.622. The predicted octanol–water partition coefficient (Wildman–Crippen LogP) is 2.79. The number of nitrogens with one attached hydrogen (secondary N) is 1. The van der Waals surface area contributed by atoms with E-state index in [1.54, 1.807) is 6.07 Å². The first-order valence-electron chi connectivity index (χ1n) is 7.14. The van der Waals surface area contributed by atoms with Crippen molar-refractivity contribution in [2.24, 2.45) is 0 Å². The molecule has 1 N–H and O–H groups in total. The number of carbonyl (C=O) groups is 1. The molecule has 2 fully saturated rings. The molecule has 1 saturated heterocycles. The van der Waals surface area contributed by atoms with Gasteiger partial charge in [0.1, 0.15) is 5.82 Å². The molecule has 108 valence electrons. The van der Waals surface area contributed by atoms with Crippen LogP contribution in [-0.4, -0.2) is 36.0 Å². The molecule has 1 heterocycles. The summed E-state index contributed by atoms with van der Waals surface area (Å²) in [6.45, 7) is 1.82.